The van der Waals surface area contributed by atoms with Crippen LogP contribution in [-0.4, -0.2) is 20.7 Å². The van der Waals surface area contributed by atoms with Crippen LogP contribution in [-0.2, 0) is 17.9 Å². The molecule has 0 bridgehead atoms. The molecule has 6 nitrogen and oxygen atoms in total. The second-order valence-corrected chi connectivity index (χ2v) is 6.01. The van der Waals surface area contributed by atoms with E-state index in [4.69, 9.17) is 4.74 Å². The summed E-state index contributed by atoms with van der Waals surface area (Å²) in [5, 5.41) is 7.87. The van der Waals surface area contributed by atoms with E-state index in [9.17, 15) is 9.59 Å². The molecule has 0 fully saturated rings. The second kappa shape index (κ2) is 6.29. The first kappa shape index (κ1) is 15.4. The van der Waals surface area contributed by atoms with Crippen LogP contribution in [0.25, 0.3) is 10.8 Å². The lowest BCUT2D eigenvalue weighted by Crippen LogP contribution is -2.25. The average molecular weight is 329 g/mol. The van der Waals surface area contributed by atoms with Crippen molar-refractivity contribution in [3.63, 3.8) is 0 Å². The van der Waals surface area contributed by atoms with Gasteiger partial charge in [-0.2, -0.15) is 5.10 Å². The maximum Gasteiger partial charge on any atom is 0.359 e. The highest BCUT2D eigenvalue weighted by atomic mass is 32.1. The molecule has 1 aromatic carbocycles. The van der Waals surface area contributed by atoms with Crippen LogP contribution in [0.15, 0.2) is 34.4 Å². The highest BCUT2D eigenvalue weighted by Crippen LogP contribution is 2.15. The minimum absolute atomic E-state index is 0.0877. The van der Waals surface area contributed by atoms with Crippen molar-refractivity contribution in [3.05, 3.63) is 56.4 Å². The molecule has 3 aromatic rings. The van der Waals surface area contributed by atoms with Gasteiger partial charge in [-0.1, -0.05) is 18.2 Å². The molecular formula is C16H15N3O3S. The number of esters is 1. The minimum atomic E-state index is -0.561. The molecule has 0 aliphatic carbocycles. The number of benzene rings is 1. The summed E-state index contributed by atoms with van der Waals surface area (Å²) in [4.78, 5) is 28.9. The number of carbonyl (C=O) groups excluding carboxylic acids is 1. The van der Waals surface area contributed by atoms with E-state index in [-0.39, 0.29) is 17.9 Å². The summed E-state index contributed by atoms with van der Waals surface area (Å²) in [7, 11) is 0. The SMILES string of the molecule is CCn1nc(C(=O)OCc2csc(C)n2)c2ccccc2c1=O. The third-order valence-electron chi connectivity index (χ3n) is 3.38. The highest BCUT2D eigenvalue weighted by molar-refractivity contribution is 7.09. The minimum Gasteiger partial charge on any atom is -0.454 e. The lowest BCUT2D eigenvalue weighted by molar-refractivity contribution is 0.0461. The van der Waals surface area contributed by atoms with Gasteiger partial charge >= 0.3 is 5.97 Å². The van der Waals surface area contributed by atoms with Crippen LogP contribution in [0.4, 0.5) is 0 Å². The molecule has 23 heavy (non-hydrogen) atoms. The third kappa shape index (κ3) is 3.00. The Labute approximate surface area is 136 Å². The van der Waals surface area contributed by atoms with Gasteiger partial charge < -0.3 is 4.74 Å². The molecular weight excluding hydrogens is 314 g/mol. The number of thiazole rings is 1. The molecule has 0 radical (unpaired) electrons. The summed E-state index contributed by atoms with van der Waals surface area (Å²) in [6.07, 6.45) is 0. The van der Waals surface area contributed by atoms with E-state index < -0.39 is 5.97 Å². The predicted octanol–water partition coefficient (Wildman–Crippen LogP) is 2.54. The summed E-state index contributed by atoms with van der Waals surface area (Å²) in [6, 6.07) is 6.91. The molecule has 0 N–H and O–H groups in total. The quantitative estimate of drug-likeness (QED) is 0.688. The van der Waals surface area contributed by atoms with E-state index >= 15 is 0 Å². The highest BCUT2D eigenvalue weighted by Gasteiger charge is 2.17. The summed E-state index contributed by atoms with van der Waals surface area (Å²) in [5.41, 5.74) is 0.637. The smallest absolute Gasteiger partial charge is 0.359 e. The molecule has 2 heterocycles. The molecule has 0 saturated carbocycles. The van der Waals surface area contributed by atoms with E-state index in [1.807, 2.05) is 12.3 Å². The Bertz CT molecular complexity index is 930. The zero-order chi connectivity index (χ0) is 16.4. The standard InChI is InChI=1S/C16H15N3O3S/c1-3-19-15(20)13-7-5-4-6-12(13)14(18-19)16(21)22-8-11-9-23-10(2)17-11/h4-7,9H,3,8H2,1-2H3. The van der Waals surface area contributed by atoms with Gasteiger partial charge in [0.1, 0.15) is 6.61 Å². The van der Waals surface area contributed by atoms with Gasteiger partial charge in [0.15, 0.2) is 5.69 Å². The maximum absolute atomic E-state index is 12.4. The predicted molar refractivity (Wildman–Crippen MR) is 87.6 cm³/mol. The Morgan fingerprint density at radius 3 is 2.70 bits per heavy atom. The first-order chi connectivity index (χ1) is 11.1. The molecule has 7 heteroatoms. The number of aromatic nitrogens is 3. The van der Waals surface area contributed by atoms with Crippen molar-refractivity contribution in [2.24, 2.45) is 0 Å². The third-order valence-corrected chi connectivity index (χ3v) is 4.20. The van der Waals surface area contributed by atoms with Crippen molar-refractivity contribution >= 4 is 28.1 Å². The first-order valence-corrected chi connectivity index (χ1v) is 8.06. The summed E-state index contributed by atoms with van der Waals surface area (Å²) < 4.78 is 6.57. The number of fused-ring (bicyclic) bond motifs is 1. The summed E-state index contributed by atoms with van der Waals surface area (Å²) >= 11 is 1.50. The van der Waals surface area contributed by atoms with Crippen LogP contribution in [0, 0.1) is 6.92 Å². The van der Waals surface area contributed by atoms with E-state index in [0.717, 1.165) is 5.01 Å². The van der Waals surface area contributed by atoms with Crippen LogP contribution in [0.1, 0.15) is 28.1 Å². The van der Waals surface area contributed by atoms with Crippen molar-refractivity contribution in [2.75, 3.05) is 0 Å². The van der Waals surface area contributed by atoms with Crippen molar-refractivity contribution in [3.8, 4) is 0 Å². The molecule has 0 spiro atoms. The molecule has 0 amide bonds. The Morgan fingerprint density at radius 2 is 2.04 bits per heavy atom. The average Bonchev–Trinajstić information content (AvgIpc) is 2.99. The maximum atomic E-state index is 12.4. The van der Waals surface area contributed by atoms with E-state index in [2.05, 4.69) is 10.1 Å². The van der Waals surface area contributed by atoms with Crippen LogP contribution in [0.2, 0.25) is 0 Å². The van der Waals surface area contributed by atoms with Crippen molar-refractivity contribution in [1.29, 1.82) is 0 Å². The number of ether oxygens (including phenoxy) is 1. The molecule has 2 aromatic heterocycles. The Morgan fingerprint density at radius 1 is 1.30 bits per heavy atom. The molecule has 3 rings (SSSR count). The molecule has 0 aliphatic rings. The van der Waals surface area contributed by atoms with Crippen molar-refractivity contribution in [1.82, 2.24) is 14.8 Å². The van der Waals surface area contributed by atoms with E-state index in [1.165, 1.54) is 16.0 Å². The summed E-state index contributed by atoms with van der Waals surface area (Å²) in [6.45, 7) is 4.16. The van der Waals surface area contributed by atoms with Gasteiger partial charge in [0.2, 0.25) is 0 Å². The molecule has 0 saturated heterocycles. The molecule has 0 unspecified atom stereocenters. The number of hydrogen-bond acceptors (Lipinski definition) is 6. The van der Waals surface area contributed by atoms with Crippen molar-refractivity contribution < 1.29 is 9.53 Å². The normalized spacial score (nSPS) is 10.9. The Balaban J connectivity index is 1.96. The zero-order valence-electron chi connectivity index (χ0n) is 12.8. The largest absolute Gasteiger partial charge is 0.454 e. The fraction of sp³-hybridized carbons (Fsp3) is 0.250. The fourth-order valence-electron chi connectivity index (χ4n) is 2.28. The fourth-order valence-corrected chi connectivity index (χ4v) is 2.88. The summed E-state index contributed by atoms with van der Waals surface area (Å²) in [5.74, 6) is -0.561. The van der Waals surface area contributed by atoms with Gasteiger partial charge in [0.05, 0.1) is 16.1 Å². The number of rotatable bonds is 4. The van der Waals surface area contributed by atoms with Gasteiger partial charge in [-0.25, -0.2) is 14.5 Å². The van der Waals surface area contributed by atoms with Gasteiger partial charge in [-0.05, 0) is 19.9 Å². The number of hydrogen-bond donors (Lipinski definition) is 0. The van der Waals surface area contributed by atoms with Gasteiger partial charge in [-0.15, -0.1) is 11.3 Å². The lowest BCUT2D eigenvalue weighted by Gasteiger charge is -2.09. The van der Waals surface area contributed by atoms with E-state index in [1.54, 1.807) is 31.2 Å². The van der Waals surface area contributed by atoms with Crippen LogP contribution >= 0.6 is 11.3 Å². The number of nitrogens with zero attached hydrogens (tertiary/aromatic N) is 3. The van der Waals surface area contributed by atoms with Crippen molar-refractivity contribution in [2.45, 2.75) is 27.0 Å². The number of carbonyl (C=O) groups is 1. The van der Waals surface area contributed by atoms with E-state index in [0.29, 0.717) is 23.0 Å². The van der Waals surface area contributed by atoms with Gasteiger partial charge in [-0.3, -0.25) is 4.79 Å². The molecule has 118 valence electrons. The Kier molecular flexibility index (Phi) is 4.20. The molecule has 0 aliphatic heterocycles. The number of aryl methyl sites for hydroxylation is 2. The Hall–Kier alpha value is -2.54. The molecule has 0 atom stereocenters. The van der Waals surface area contributed by atoms with Crippen LogP contribution in [0.3, 0.4) is 0 Å². The van der Waals surface area contributed by atoms with Crippen LogP contribution < -0.4 is 5.56 Å². The zero-order valence-corrected chi connectivity index (χ0v) is 13.6. The second-order valence-electron chi connectivity index (χ2n) is 4.95. The van der Waals surface area contributed by atoms with Crippen LogP contribution in [0.5, 0.6) is 0 Å². The van der Waals surface area contributed by atoms with Gasteiger partial charge in [0.25, 0.3) is 5.56 Å². The first-order valence-electron chi connectivity index (χ1n) is 7.18. The monoisotopic (exact) mass is 329 g/mol. The van der Waals surface area contributed by atoms with Gasteiger partial charge in [0, 0.05) is 17.3 Å². The lowest BCUT2D eigenvalue weighted by atomic mass is 10.1. The topological polar surface area (TPSA) is 74.1 Å².